The fourth-order valence-electron chi connectivity index (χ4n) is 0.861. The molecule has 0 fully saturated rings. The lowest BCUT2D eigenvalue weighted by Gasteiger charge is -2.02. The third-order valence-corrected chi connectivity index (χ3v) is 1.69. The van der Waals surface area contributed by atoms with Gasteiger partial charge in [0.2, 0.25) is 0 Å². The molecule has 6 heteroatoms. The maximum absolute atomic E-state index is 10.3. The van der Waals surface area contributed by atoms with Gasteiger partial charge in [-0.05, 0) is 29.1 Å². The Hall–Kier alpha value is -0.840. The van der Waals surface area contributed by atoms with E-state index in [1.807, 2.05) is 0 Å². The molecule has 0 unspecified atom stereocenters. The van der Waals surface area contributed by atoms with Gasteiger partial charge in [-0.3, -0.25) is 10.1 Å². The van der Waals surface area contributed by atoms with Gasteiger partial charge in [-0.1, -0.05) is 12.1 Å². The first-order valence-electron chi connectivity index (χ1n) is 3.42. The first-order valence-corrected chi connectivity index (χ1v) is 4.09. The van der Waals surface area contributed by atoms with Crippen molar-refractivity contribution < 1.29 is 4.92 Å². The zero-order valence-corrected chi connectivity index (χ0v) is 8.00. The zero-order chi connectivity index (χ0) is 9.84. The fraction of sp³-hybridized carbons (Fsp3) is 0.143. The lowest BCUT2D eigenvalue weighted by Crippen LogP contribution is -1.97. The van der Waals surface area contributed by atoms with E-state index in [0.29, 0.717) is 6.54 Å². The molecule has 0 saturated carbocycles. The third-order valence-electron chi connectivity index (χ3n) is 1.45. The van der Waals surface area contributed by atoms with Gasteiger partial charge in [-0.2, -0.15) is 0 Å². The summed E-state index contributed by atoms with van der Waals surface area (Å²) in [5.41, 5.74) is 0.870. The summed E-state index contributed by atoms with van der Waals surface area (Å²) in [6.45, 7) is 0.334. The number of nitro groups is 1. The summed E-state index contributed by atoms with van der Waals surface area (Å²) < 4.78 is 0.959. The van der Waals surface area contributed by atoms with Gasteiger partial charge in [-0.15, -0.1) is 3.94 Å². The largest absolute Gasteiger partial charge is 0.269 e. The van der Waals surface area contributed by atoms with Crippen molar-refractivity contribution >= 4 is 29.2 Å². The number of hydrogen-bond acceptors (Lipinski definition) is 3. The molecule has 4 nitrogen and oxygen atoms in total. The van der Waals surface area contributed by atoms with Crippen LogP contribution in [-0.2, 0) is 6.54 Å². The van der Waals surface area contributed by atoms with E-state index >= 15 is 0 Å². The van der Waals surface area contributed by atoms with Crippen molar-refractivity contribution in [3.05, 3.63) is 39.9 Å². The van der Waals surface area contributed by atoms with Crippen molar-refractivity contribution in [1.29, 1.82) is 0 Å². The van der Waals surface area contributed by atoms with E-state index in [4.69, 9.17) is 23.6 Å². The highest BCUT2D eigenvalue weighted by molar-refractivity contribution is 6.33. The predicted molar refractivity (Wildman–Crippen MR) is 50.3 cm³/mol. The van der Waals surface area contributed by atoms with Crippen molar-refractivity contribution in [2.75, 3.05) is 0 Å². The van der Waals surface area contributed by atoms with Gasteiger partial charge < -0.3 is 0 Å². The van der Waals surface area contributed by atoms with Crippen LogP contribution in [-0.4, -0.2) is 8.86 Å². The molecule has 1 rings (SSSR count). The normalized spacial score (nSPS) is 10.4. The Kier molecular flexibility index (Phi) is 3.48. The average Bonchev–Trinajstić information content (AvgIpc) is 2.04. The van der Waals surface area contributed by atoms with Gasteiger partial charge in [-0.25, -0.2) is 0 Å². The van der Waals surface area contributed by atoms with Crippen LogP contribution in [0.5, 0.6) is 0 Å². The Morgan fingerprint density at radius 1 is 1.31 bits per heavy atom. The molecular formula is C7H6Cl2N2O2. The van der Waals surface area contributed by atoms with E-state index < -0.39 is 4.92 Å². The second-order valence-corrected chi connectivity index (χ2v) is 3.37. The highest BCUT2D eigenvalue weighted by Crippen LogP contribution is 2.14. The van der Waals surface area contributed by atoms with Crippen molar-refractivity contribution in [2.45, 2.75) is 6.54 Å². The minimum atomic E-state index is -0.455. The highest BCUT2D eigenvalue weighted by Gasteiger charge is 2.04. The molecule has 0 aliphatic carbocycles. The quantitative estimate of drug-likeness (QED) is 0.447. The maximum Gasteiger partial charge on any atom is 0.269 e. The second kappa shape index (κ2) is 4.41. The molecule has 1 aromatic rings. The summed E-state index contributed by atoms with van der Waals surface area (Å²) >= 11 is 10.8. The van der Waals surface area contributed by atoms with E-state index in [-0.39, 0.29) is 5.69 Å². The van der Waals surface area contributed by atoms with Crippen molar-refractivity contribution in [1.82, 2.24) is 3.94 Å². The number of non-ortho nitro benzene ring substituents is 1. The Bertz CT molecular complexity index is 300. The smallest absolute Gasteiger partial charge is 0.258 e. The van der Waals surface area contributed by atoms with Crippen molar-refractivity contribution in [3.8, 4) is 0 Å². The summed E-state index contributed by atoms with van der Waals surface area (Å²) in [6.07, 6.45) is 0. The fourth-order valence-corrected chi connectivity index (χ4v) is 1.14. The van der Waals surface area contributed by atoms with Crippen LogP contribution in [0.4, 0.5) is 5.69 Å². The van der Waals surface area contributed by atoms with Crippen LogP contribution in [0.3, 0.4) is 0 Å². The summed E-state index contributed by atoms with van der Waals surface area (Å²) in [6, 6.07) is 6.03. The monoisotopic (exact) mass is 220 g/mol. The van der Waals surface area contributed by atoms with Crippen LogP contribution < -0.4 is 0 Å². The highest BCUT2D eigenvalue weighted by atomic mass is 35.5. The molecule has 0 spiro atoms. The molecule has 0 atom stereocenters. The van der Waals surface area contributed by atoms with Crippen molar-refractivity contribution in [3.63, 3.8) is 0 Å². The zero-order valence-electron chi connectivity index (χ0n) is 6.48. The molecule has 13 heavy (non-hydrogen) atoms. The Morgan fingerprint density at radius 3 is 2.23 bits per heavy atom. The van der Waals surface area contributed by atoms with Crippen LogP contribution in [0.1, 0.15) is 5.56 Å². The first-order chi connectivity index (χ1) is 6.09. The summed E-state index contributed by atoms with van der Waals surface area (Å²) in [4.78, 5) is 9.82. The van der Waals surface area contributed by atoms with Gasteiger partial charge in [0.15, 0.2) is 0 Å². The van der Waals surface area contributed by atoms with E-state index in [0.717, 1.165) is 9.50 Å². The minimum absolute atomic E-state index is 0.0550. The number of nitrogens with zero attached hydrogens (tertiary/aromatic N) is 2. The molecule has 0 saturated heterocycles. The van der Waals surface area contributed by atoms with Gasteiger partial charge in [0, 0.05) is 12.1 Å². The van der Waals surface area contributed by atoms with Crippen LogP contribution in [0.15, 0.2) is 24.3 Å². The lowest BCUT2D eigenvalue weighted by atomic mass is 10.2. The molecule has 0 amide bonds. The standard InChI is InChI=1S/C7H6Cl2N2O2/c8-10(9)5-6-1-3-7(4-2-6)11(12)13/h1-4H,5H2. The molecule has 0 aliphatic heterocycles. The Balaban J connectivity index is 2.75. The first kappa shape index (κ1) is 10.2. The van der Waals surface area contributed by atoms with Crippen molar-refractivity contribution in [2.24, 2.45) is 0 Å². The SMILES string of the molecule is O=[N+]([O-])c1ccc(CN(Cl)Cl)cc1. The van der Waals surface area contributed by atoms with E-state index in [1.54, 1.807) is 12.1 Å². The number of rotatable bonds is 3. The molecule has 1 aromatic carbocycles. The molecule has 0 aromatic heterocycles. The van der Waals surface area contributed by atoms with Crippen LogP contribution in [0.25, 0.3) is 0 Å². The summed E-state index contributed by atoms with van der Waals surface area (Å²) in [7, 11) is 0. The van der Waals surface area contributed by atoms with E-state index in [2.05, 4.69) is 0 Å². The van der Waals surface area contributed by atoms with E-state index in [9.17, 15) is 10.1 Å². The molecule has 0 radical (unpaired) electrons. The number of hydrogen-bond donors (Lipinski definition) is 0. The van der Waals surface area contributed by atoms with Gasteiger partial charge in [0.25, 0.3) is 5.69 Å². The summed E-state index contributed by atoms with van der Waals surface area (Å²) in [5.74, 6) is 0. The third kappa shape index (κ3) is 3.18. The second-order valence-electron chi connectivity index (χ2n) is 2.38. The molecule has 0 heterocycles. The summed E-state index contributed by atoms with van der Waals surface area (Å²) in [5, 5.41) is 10.3. The Labute approximate surface area is 85.0 Å². The lowest BCUT2D eigenvalue weighted by molar-refractivity contribution is -0.384. The number of benzene rings is 1. The topological polar surface area (TPSA) is 46.4 Å². The van der Waals surface area contributed by atoms with Crippen LogP contribution >= 0.6 is 23.6 Å². The molecular weight excluding hydrogens is 215 g/mol. The van der Waals surface area contributed by atoms with E-state index in [1.165, 1.54) is 12.1 Å². The van der Waals surface area contributed by atoms with Crippen LogP contribution in [0.2, 0.25) is 0 Å². The van der Waals surface area contributed by atoms with Gasteiger partial charge in [0.1, 0.15) is 0 Å². The molecule has 0 N–H and O–H groups in total. The molecule has 0 aliphatic rings. The average molecular weight is 221 g/mol. The number of halogens is 2. The van der Waals surface area contributed by atoms with Gasteiger partial charge >= 0.3 is 0 Å². The predicted octanol–water partition coefficient (Wildman–Crippen LogP) is 2.70. The van der Waals surface area contributed by atoms with Crippen LogP contribution in [0, 0.1) is 10.1 Å². The molecule has 0 bridgehead atoms. The Morgan fingerprint density at radius 2 is 1.85 bits per heavy atom. The number of nitro benzene ring substituents is 1. The van der Waals surface area contributed by atoms with Gasteiger partial charge in [0.05, 0.1) is 11.5 Å². The maximum atomic E-state index is 10.3. The minimum Gasteiger partial charge on any atom is -0.258 e. The molecule has 70 valence electrons.